The Kier molecular flexibility index (Phi) is 8.53. The molecule has 0 bridgehead atoms. The highest BCUT2D eigenvalue weighted by Crippen LogP contribution is 2.36. The second-order valence-electron chi connectivity index (χ2n) is 9.29. The van der Waals surface area contributed by atoms with Gasteiger partial charge in [0.2, 0.25) is 5.78 Å². The molecule has 0 N–H and O–H groups in total. The minimum Gasteiger partial charge on any atom is -0.416 e. The lowest BCUT2D eigenvalue weighted by Crippen LogP contribution is -2.40. The second kappa shape index (κ2) is 9.95. The summed E-state index contributed by atoms with van der Waals surface area (Å²) >= 11 is 0. The Labute approximate surface area is 173 Å². The highest BCUT2D eigenvalue weighted by atomic mass is 28.4. The van der Waals surface area contributed by atoms with Crippen LogP contribution in [-0.4, -0.2) is 28.8 Å². The molecule has 0 radical (unpaired) electrons. The van der Waals surface area contributed by atoms with Crippen molar-refractivity contribution in [2.75, 3.05) is 6.61 Å². The molecule has 0 amide bonds. The molecule has 4 heteroatoms. The van der Waals surface area contributed by atoms with Crippen molar-refractivity contribution in [1.29, 1.82) is 0 Å². The van der Waals surface area contributed by atoms with Crippen LogP contribution < -0.4 is 0 Å². The van der Waals surface area contributed by atoms with Gasteiger partial charge in [-0.25, -0.2) is 0 Å². The van der Waals surface area contributed by atoms with Crippen molar-refractivity contribution in [3.8, 4) is 35.1 Å². The minimum absolute atomic E-state index is 0.193. The van der Waals surface area contributed by atoms with Gasteiger partial charge < -0.3 is 4.43 Å². The number of ketones is 1. The van der Waals surface area contributed by atoms with Gasteiger partial charge in [-0.2, -0.15) is 0 Å². The van der Waals surface area contributed by atoms with E-state index in [0.29, 0.717) is 18.6 Å². The minimum atomic E-state index is -1.73. The molecule has 0 atom stereocenters. The topological polar surface area (TPSA) is 26.3 Å². The first-order valence-electron chi connectivity index (χ1n) is 9.63. The van der Waals surface area contributed by atoms with E-state index in [4.69, 9.17) is 4.43 Å². The first-order valence-corrected chi connectivity index (χ1v) is 16.0. The molecule has 0 aromatic heterocycles. The zero-order valence-corrected chi connectivity index (χ0v) is 20.5. The second-order valence-corrected chi connectivity index (χ2v) is 18.8. The SMILES string of the molecule is CC(C)(C)[Si](C)(C)OCCC#CC#CC(=O)c1ccccc1C#C[Si](C)(C)C. The average Bonchev–Trinajstić information content (AvgIpc) is 2.57. The molecule has 1 aromatic carbocycles. The maximum absolute atomic E-state index is 12.4. The molecule has 1 aromatic rings. The molecule has 0 heterocycles. The molecule has 0 aliphatic heterocycles. The molecule has 0 spiro atoms. The maximum Gasteiger partial charge on any atom is 0.238 e. The predicted molar refractivity (Wildman–Crippen MR) is 124 cm³/mol. The number of rotatable bonds is 4. The zero-order valence-electron chi connectivity index (χ0n) is 18.5. The first-order chi connectivity index (χ1) is 12.8. The Balaban J connectivity index is 2.72. The Morgan fingerprint density at radius 3 is 2.29 bits per heavy atom. The first kappa shape index (κ1) is 24.0. The van der Waals surface area contributed by atoms with Gasteiger partial charge in [-0.05, 0) is 48.0 Å². The van der Waals surface area contributed by atoms with Crippen molar-refractivity contribution in [2.45, 2.75) is 65.0 Å². The summed E-state index contributed by atoms with van der Waals surface area (Å²) in [5.41, 5.74) is 4.58. The average molecular weight is 409 g/mol. The van der Waals surface area contributed by atoms with Crippen LogP contribution in [0.2, 0.25) is 37.8 Å². The van der Waals surface area contributed by atoms with Gasteiger partial charge in [0.25, 0.3) is 0 Å². The fraction of sp³-hybridized carbons (Fsp3) is 0.458. The van der Waals surface area contributed by atoms with Gasteiger partial charge >= 0.3 is 0 Å². The van der Waals surface area contributed by atoms with E-state index < -0.39 is 16.4 Å². The van der Waals surface area contributed by atoms with Crippen LogP contribution in [0.3, 0.4) is 0 Å². The van der Waals surface area contributed by atoms with Crippen LogP contribution in [0, 0.1) is 35.1 Å². The zero-order chi connectivity index (χ0) is 21.4. The number of hydrogen-bond donors (Lipinski definition) is 0. The van der Waals surface area contributed by atoms with Crippen LogP contribution in [0.1, 0.15) is 43.1 Å². The summed E-state index contributed by atoms with van der Waals surface area (Å²) in [6.07, 6.45) is 0.619. The van der Waals surface area contributed by atoms with Gasteiger partial charge in [0.1, 0.15) is 8.07 Å². The van der Waals surface area contributed by atoms with Crippen LogP contribution >= 0.6 is 0 Å². The van der Waals surface area contributed by atoms with E-state index in [2.05, 4.69) is 88.7 Å². The summed E-state index contributed by atoms with van der Waals surface area (Å²) in [6.45, 7) is 18.2. The van der Waals surface area contributed by atoms with E-state index in [-0.39, 0.29) is 10.8 Å². The van der Waals surface area contributed by atoms with Crippen molar-refractivity contribution < 1.29 is 9.22 Å². The molecule has 0 aliphatic carbocycles. The molecule has 148 valence electrons. The lowest BCUT2D eigenvalue weighted by Gasteiger charge is -2.35. The summed E-state index contributed by atoms with van der Waals surface area (Å²) in [7, 11) is -3.24. The number of carbonyl (C=O) groups is 1. The van der Waals surface area contributed by atoms with E-state index in [1.54, 1.807) is 6.07 Å². The highest BCUT2D eigenvalue weighted by molar-refractivity contribution is 6.83. The van der Waals surface area contributed by atoms with Crippen LogP contribution in [0.5, 0.6) is 0 Å². The van der Waals surface area contributed by atoms with Crippen LogP contribution in [-0.2, 0) is 4.43 Å². The van der Waals surface area contributed by atoms with Gasteiger partial charge in [-0.3, -0.25) is 4.79 Å². The summed E-state index contributed by atoms with van der Waals surface area (Å²) < 4.78 is 6.07. The van der Waals surface area contributed by atoms with E-state index >= 15 is 0 Å². The van der Waals surface area contributed by atoms with Crippen LogP contribution in [0.25, 0.3) is 0 Å². The van der Waals surface area contributed by atoms with Gasteiger partial charge in [-0.15, -0.1) is 5.54 Å². The van der Waals surface area contributed by atoms with Gasteiger partial charge in [0.05, 0.1) is 0 Å². The van der Waals surface area contributed by atoms with Gasteiger partial charge in [0.15, 0.2) is 8.32 Å². The third-order valence-corrected chi connectivity index (χ3v) is 9.98. The Bertz CT molecular complexity index is 880. The lowest BCUT2D eigenvalue weighted by atomic mass is 10.0. The van der Waals surface area contributed by atoms with Crippen molar-refractivity contribution in [1.82, 2.24) is 0 Å². The largest absolute Gasteiger partial charge is 0.416 e. The lowest BCUT2D eigenvalue weighted by molar-refractivity contribution is 0.105. The molecule has 0 saturated heterocycles. The smallest absolute Gasteiger partial charge is 0.238 e. The van der Waals surface area contributed by atoms with E-state index in [9.17, 15) is 4.79 Å². The third-order valence-electron chi connectivity index (χ3n) is 4.57. The summed E-state index contributed by atoms with van der Waals surface area (Å²) in [4.78, 5) is 12.4. The molecular formula is C24H32O2Si2. The monoisotopic (exact) mass is 408 g/mol. The molecule has 28 heavy (non-hydrogen) atoms. The standard InChI is InChI=1S/C24H32O2Si2/c1-24(2,3)28(7,8)26-19-14-10-9-11-17-23(25)22-16-13-12-15-21(22)18-20-27(4,5)6/h12-13,15-16H,14,19H2,1-8H3. The molecule has 0 aliphatic rings. The summed E-state index contributed by atoms with van der Waals surface area (Å²) in [6, 6.07) is 7.36. The van der Waals surface area contributed by atoms with E-state index in [1.165, 1.54) is 0 Å². The number of benzene rings is 1. The van der Waals surface area contributed by atoms with E-state index in [0.717, 1.165) is 5.56 Å². The van der Waals surface area contributed by atoms with Crippen LogP contribution in [0.15, 0.2) is 24.3 Å². The molecule has 2 nitrogen and oxygen atoms in total. The molecular weight excluding hydrogens is 376 g/mol. The molecule has 1 rings (SSSR count). The van der Waals surface area contributed by atoms with Gasteiger partial charge in [0, 0.05) is 24.2 Å². The Hall–Kier alpha value is -2.04. The van der Waals surface area contributed by atoms with Crippen molar-refractivity contribution in [3.05, 3.63) is 35.4 Å². The fourth-order valence-electron chi connectivity index (χ4n) is 1.88. The number of hydrogen-bond acceptors (Lipinski definition) is 2. The highest BCUT2D eigenvalue weighted by Gasteiger charge is 2.36. The maximum atomic E-state index is 12.4. The fourth-order valence-corrected chi connectivity index (χ4v) is 3.44. The summed E-state index contributed by atoms with van der Waals surface area (Å²) in [5.74, 6) is 13.9. The normalized spacial score (nSPS) is 11.3. The molecule has 0 fully saturated rings. The van der Waals surface area contributed by atoms with E-state index in [1.807, 2.05) is 18.2 Å². The van der Waals surface area contributed by atoms with Crippen LogP contribution in [0.4, 0.5) is 0 Å². The summed E-state index contributed by atoms with van der Waals surface area (Å²) in [5, 5.41) is 0.193. The third kappa shape index (κ3) is 8.32. The molecule has 0 saturated carbocycles. The number of Topliss-reactive ketones (excluding diaryl/α,β-unsaturated/α-hetero) is 1. The number of carbonyl (C=O) groups excluding carboxylic acids is 1. The van der Waals surface area contributed by atoms with Gasteiger partial charge in [-0.1, -0.05) is 64.4 Å². The van der Waals surface area contributed by atoms with Crippen molar-refractivity contribution in [3.63, 3.8) is 0 Å². The van der Waals surface area contributed by atoms with Crippen molar-refractivity contribution >= 4 is 22.2 Å². The Morgan fingerprint density at radius 1 is 1.04 bits per heavy atom. The molecule has 0 unspecified atom stereocenters. The van der Waals surface area contributed by atoms with Crippen molar-refractivity contribution in [2.24, 2.45) is 0 Å². The Morgan fingerprint density at radius 2 is 1.68 bits per heavy atom. The predicted octanol–water partition coefficient (Wildman–Crippen LogP) is 5.52. The quantitative estimate of drug-likeness (QED) is 0.216.